The molecule has 0 aromatic rings. The van der Waals surface area contributed by atoms with Gasteiger partial charge in [-0.3, -0.25) is 0 Å². The summed E-state index contributed by atoms with van der Waals surface area (Å²) < 4.78 is 0. The normalized spacial score (nSPS) is 5.45. The van der Waals surface area contributed by atoms with E-state index in [0.717, 1.165) is 0 Å². The maximum absolute atomic E-state index is 7.33. The summed E-state index contributed by atoms with van der Waals surface area (Å²) in [5, 5.41) is 0. The fourth-order valence-corrected chi connectivity index (χ4v) is 0. The van der Waals surface area contributed by atoms with Gasteiger partial charge in [0.2, 0.25) is 0 Å². The molecule has 0 radical (unpaired) electrons. The molecule has 0 unspecified atom stereocenters. The molecular weight excluding hydrogens is 278 g/mol. The van der Waals surface area contributed by atoms with Crippen molar-refractivity contribution in [3.8, 4) is 0 Å². The van der Waals surface area contributed by atoms with Crippen molar-refractivity contribution in [2.75, 3.05) is 0 Å². The first-order valence-corrected chi connectivity index (χ1v) is 2.68. The maximum atomic E-state index is 7.33. The van der Waals surface area contributed by atoms with Crippen LogP contribution in [0.2, 0.25) is 0 Å². The molecule has 0 spiro atoms. The van der Waals surface area contributed by atoms with Gasteiger partial charge in [0, 0.05) is 17.1 Å². The van der Waals surface area contributed by atoms with E-state index in [1.165, 1.54) is 0 Å². The van der Waals surface area contributed by atoms with E-state index >= 15 is 0 Å². The maximum Gasteiger partial charge on any atom is 2.00 e. The quantitative estimate of drug-likeness (QED) is 0.332. The molecule has 64 valence electrons. The van der Waals surface area contributed by atoms with Crippen LogP contribution in [-0.2, 0) is 17.1 Å². The van der Waals surface area contributed by atoms with E-state index in [0.29, 0.717) is 0 Å². The zero-order chi connectivity index (χ0) is 4.50. The van der Waals surface area contributed by atoms with Crippen LogP contribution in [0.25, 0.3) is 0 Å². The number of rotatable bonds is 0. The van der Waals surface area contributed by atoms with Gasteiger partial charge in [-0.25, -0.2) is 0 Å². The first-order chi connectivity index (χ1) is 2.00. The molecule has 11 heavy (non-hydrogen) atoms. The molecule has 0 bridgehead atoms. The third-order valence-electron chi connectivity index (χ3n) is 0. The van der Waals surface area contributed by atoms with Crippen LogP contribution in [0.1, 0.15) is 7.13 Å². The van der Waals surface area contributed by atoms with Crippen LogP contribution in [0, 0.1) is 0 Å². The molecule has 0 aliphatic carbocycles. The van der Waals surface area contributed by atoms with Gasteiger partial charge in [0.25, 0.3) is 0 Å². The molecule has 0 atom stereocenters. The molecule has 0 fully saturated rings. The van der Waals surface area contributed by atoms with Crippen LogP contribution in [-0.4, -0.2) is 112 Å². The van der Waals surface area contributed by atoms with Crippen molar-refractivity contribution < 1.29 is 78.4 Å². The topological polar surface area (TPSA) is 112 Å². The minimum Gasteiger partial charge on any atom is -1.00 e. The van der Waals surface area contributed by atoms with Crippen molar-refractivity contribution in [1.29, 1.82) is 0 Å². The van der Waals surface area contributed by atoms with Crippen LogP contribution < -0.4 is 29.6 Å². The molecule has 5 nitrogen and oxygen atoms in total. The molecule has 0 rings (SSSR count). The number of hydrogen-bond acceptors (Lipinski definition) is 4. The summed E-state index contributed by atoms with van der Waals surface area (Å²) in [6, 6.07) is 0. The molecule has 6 N–H and O–H groups in total. The third-order valence-corrected chi connectivity index (χ3v) is 0. The first-order valence-electron chi connectivity index (χ1n) is 0.894. The summed E-state index contributed by atoms with van der Waals surface area (Å²) in [5.41, 5.74) is 0. The van der Waals surface area contributed by atoms with Gasteiger partial charge in [-0.1, -0.05) is 0 Å². The van der Waals surface area contributed by atoms with Crippen molar-refractivity contribution in [1.82, 2.24) is 0 Å². The molecule has 0 amide bonds. The Kier molecular flexibility index (Phi) is 98.7. The number of hydrogen-bond donors (Lipinski definition) is 4. The van der Waals surface area contributed by atoms with Crippen LogP contribution >= 0.6 is 0 Å². The Morgan fingerprint density at radius 3 is 1.00 bits per heavy atom. The standard InChI is InChI=1S/Al.Ca.Fe.Mg.Na.H4O4Si.H2O.8H/c;;;;;1-5(2,3)4;;;;;;;;;/h;;;;;1-4H;1H2;;;;;;;;/q;+2;;+2;+1;;;;;;5*-1. The van der Waals surface area contributed by atoms with Crippen molar-refractivity contribution in [3.05, 3.63) is 0 Å². The van der Waals surface area contributed by atoms with E-state index in [2.05, 4.69) is 0 Å². The van der Waals surface area contributed by atoms with Gasteiger partial charge in [-0.05, 0) is 0 Å². The van der Waals surface area contributed by atoms with Gasteiger partial charge in [-0.15, -0.1) is 0 Å². The Balaban J connectivity index is -0.00000000145. The summed E-state index contributed by atoms with van der Waals surface area (Å²) in [5.74, 6) is 0. The van der Waals surface area contributed by atoms with Gasteiger partial charge in [0.05, 0.1) is 0 Å². The van der Waals surface area contributed by atoms with Crippen molar-refractivity contribution in [2.45, 2.75) is 0 Å². The summed E-state index contributed by atoms with van der Waals surface area (Å²) in [7, 11) is -4.61. The fraction of sp³-hybridized carbons (Fsp3) is 0. The molecule has 0 aromatic heterocycles. The second kappa shape index (κ2) is 23.7. The van der Waals surface area contributed by atoms with E-state index in [9.17, 15) is 0 Å². The van der Waals surface area contributed by atoms with E-state index < -0.39 is 9.05 Å². The molecule has 0 aromatic carbocycles. The predicted molar refractivity (Wildman–Crippen MR) is 45.3 cm³/mol. The van der Waals surface area contributed by atoms with Gasteiger partial charge in [-0.2, -0.15) is 0 Å². The van der Waals surface area contributed by atoms with Gasteiger partial charge >= 0.3 is 99.4 Å². The second-order valence-electron chi connectivity index (χ2n) is 0.600. The Bertz CT molecular complexity index is 56.3. The average molecular weight is 292 g/mol. The first kappa shape index (κ1) is 45.8. The van der Waals surface area contributed by atoms with E-state index in [-0.39, 0.29) is 137 Å². The van der Waals surface area contributed by atoms with Crippen molar-refractivity contribution >= 4 is 87.2 Å². The minimum atomic E-state index is -4.61. The second-order valence-corrected chi connectivity index (χ2v) is 1.80. The minimum absolute atomic E-state index is 0. The van der Waals surface area contributed by atoms with Crippen molar-refractivity contribution in [3.63, 3.8) is 0 Å². The van der Waals surface area contributed by atoms with Crippen LogP contribution in [0.5, 0.6) is 0 Å². The largest absolute Gasteiger partial charge is 2.00 e. The molecule has 0 heterocycles. The fourth-order valence-electron chi connectivity index (χ4n) is 0. The molecule has 11 heteroatoms. The summed E-state index contributed by atoms with van der Waals surface area (Å²) in [6.07, 6.45) is 0. The summed E-state index contributed by atoms with van der Waals surface area (Å²) in [4.78, 5) is 29.3. The van der Waals surface area contributed by atoms with E-state index in [1.54, 1.807) is 0 Å². The summed E-state index contributed by atoms with van der Waals surface area (Å²) >= 11 is 0. The zero-order valence-electron chi connectivity index (χ0n) is 10.6. The van der Waals surface area contributed by atoms with E-state index in [1.807, 2.05) is 0 Å². The Morgan fingerprint density at radius 2 is 1.00 bits per heavy atom. The summed E-state index contributed by atoms with van der Waals surface area (Å²) in [6.45, 7) is 0. The average Bonchev–Trinajstić information content (AvgIpc) is 0.722. The molecule has 0 aliphatic rings. The van der Waals surface area contributed by atoms with Crippen LogP contribution in [0.15, 0.2) is 0 Å². The molecule has 0 saturated carbocycles. The van der Waals surface area contributed by atoms with Gasteiger partial charge in [0.15, 0.2) is 17.4 Å². The Hall–Kier alpha value is 4.09. The van der Waals surface area contributed by atoms with Crippen LogP contribution in [0.3, 0.4) is 0 Å². The predicted octanol–water partition coefficient (Wildman–Crippen LogP) is -7.81. The zero-order valence-corrected chi connectivity index (χ0v) is 13.3. The smallest absolute Gasteiger partial charge is 1.00 e. The monoisotopic (exact) mass is 292 g/mol. The SMILES string of the molecule is O.O[Si](O)(O)O.[AlH3].[Ca+2].[Fe].[H-].[H-].[H-].[H-].[H-].[Mg+2].[Na+]. The Morgan fingerprint density at radius 1 is 1.00 bits per heavy atom. The van der Waals surface area contributed by atoms with E-state index in [4.69, 9.17) is 19.2 Å². The molecule has 0 aliphatic heterocycles. The Labute approximate surface area is 163 Å². The molecular formula is H14AlCaFeMgNaO5Si. The van der Waals surface area contributed by atoms with Crippen LogP contribution in [0.4, 0.5) is 0 Å². The third kappa shape index (κ3) is 123. The van der Waals surface area contributed by atoms with Crippen molar-refractivity contribution in [2.24, 2.45) is 0 Å². The van der Waals surface area contributed by atoms with Gasteiger partial charge in [0.1, 0.15) is 0 Å². The molecule has 0 saturated heterocycles. The van der Waals surface area contributed by atoms with Gasteiger partial charge < -0.3 is 31.8 Å².